The van der Waals surface area contributed by atoms with E-state index >= 15 is 4.79 Å². The third kappa shape index (κ3) is 12.5. The highest BCUT2D eigenvalue weighted by atomic mass is 32.2. The lowest BCUT2D eigenvalue weighted by Crippen LogP contribution is -2.68. The zero-order valence-corrected chi connectivity index (χ0v) is 57.6. The number of piperazine rings is 1. The zero-order valence-electron chi connectivity index (χ0n) is 56.7. The Kier molecular flexibility index (Phi) is 19.2. The van der Waals surface area contributed by atoms with E-state index in [9.17, 15) is 48.9 Å². The fraction of sp³-hybridized carbons (Fsp3) is 0.493. The molecular formula is C71H85N11O17S. The minimum atomic E-state index is -1.62. The molecule has 1 spiro atoms. The second-order valence-corrected chi connectivity index (χ2v) is 28.8. The molecular weight excluding hydrogens is 1310 g/mol. The number of esters is 2. The van der Waals surface area contributed by atoms with Crippen molar-refractivity contribution in [1.29, 1.82) is 0 Å². The molecule has 532 valence electrons. The van der Waals surface area contributed by atoms with Crippen molar-refractivity contribution in [3.63, 3.8) is 0 Å². The number of aliphatic hydroxyl groups is 2. The summed E-state index contributed by atoms with van der Waals surface area (Å²) in [6.45, 7) is 10.7. The summed E-state index contributed by atoms with van der Waals surface area (Å²) < 4.78 is 37.2. The Labute approximate surface area is 581 Å². The molecule has 100 heavy (non-hydrogen) atoms. The number of aromatic hydroxyl groups is 1. The number of hydrogen-bond acceptors (Lipinski definition) is 23. The lowest BCUT2D eigenvalue weighted by molar-refractivity contribution is -0.196. The van der Waals surface area contributed by atoms with Gasteiger partial charge < -0.3 is 70.0 Å². The molecule has 28 nitrogen and oxygen atoms in total. The van der Waals surface area contributed by atoms with Gasteiger partial charge in [-0.3, -0.25) is 59.8 Å². The second kappa shape index (κ2) is 27.6. The number of para-hydroxylation sites is 1. The Morgan fingerprint density at radius 3 is 2.39 bits per heavy atom. The number of aryl methyl sites for hydroxylation is 1. The highest BCUT2D eigenvalue weighted by molar-refractivity contribution is 7.99. The first-order valence-electron chi connectivity index (χ1n) is 33.9. The maximum Gasteiger partial charge on any atom is 0.407 e. The number of rotatable bonds is 23. The number of unbranched alkanes of at least 4 members (excludes halogenated alkanes) is 2. The Morgan fingerprint density at radius 2 is 1.66 bits per heavy atom. The van der Waals surface area contributed by atoms with Gasteiger partial charge >= 0.3 is 18.0 Å². The Hall–Kier alpha value is -8.81. The first kappa shape index (κ1) is 69.7. The number of hydrogen-bond donors (Lipinski definition) is 11. The second-order valence-electron chi connectivity index (χ2n) is 27.7. The van der Waals surface area contributed by atoms with Crippen molar-refractivity contribution in [1.82, 2.24) is 46.3 Å². The van der Waals surface area contributed by atoms with Crippen LogP contribution in [0.25, 0.3) is 10.9 Å². The summed E-state index contributed by atoms with van der Waals surface area (Å²) in [7, 11) is 1.52. The molecule has 9 aliphatic rings. The molecule has 14 rings (SSSR count). The van der Waals surface area contributed by atoms with Crippen molar-refractivity contribution in [3.8, 4) is 28.7 Å². The van der Waals surface area contributed by atoms with E-state index in [0.29, 0.717) is 88.6 Å². The van der Waals surface area contributed by atoms with Crippen molar-refractivity contribution < 1.29 is 82.1 Å². The number of fused-ring (bicyclic) bond motifs is 11. The van der Waals surface area contributed by atoms with Crippen LogP contribution < -0.4 is 56.6 Å². The third-order valence-electron chi connectivity index (χ3n) is 20.8. The smallest absolute Gasteiger partial charge is 0.407 e. The number of carbonyl (C=O) groups is 8. The topological polar surface area (TPSA) is 376 Å². The first-order valence-corrected chi connectivity index (χ1v) is 35.0. The molecule has 29 heteroatoms. The molecule has 0 saturated carbocycles. The van der Waals surface area contributed by atoms with Gasteiger partial charge in [0.25, 0.3) is 11.8 Å². The number of methoxy groups -OCH3 is 1. The number of nitrogens with zero attached hydrogens (tertiary/aromatic N) is 3. The number of aromatic nitrogens is 1. The Bertz CT molecular complexity index is 4150. The SMILES string of the molecule is COc1c(C)cc2c(c1O)[C@H]1[C@@H]3[C@@H]4SC[C@]5(N[C@H](CNC(=O)OCc6ccc(NC(=O)[C@H](CCCNC(N)O)NC(=O)[C@@H](NC(=O)CCCCCN7C(=O)C=CC7=O)C(C)C)cc6)Cc6c5[nH]c5ccccc65)C(=O)OC[C@@H](c5c6c(c(C)c(OC(C)=O)c54)OCO6)N3[C@]3(O)CN1C2(C)C3. The quantitative estimate of drug-likeness (QED) is 0.0140. The van der Waals surface area contributed by atoms with Gasteiger partial charge in [-0.2, -0.15) is 0 Å². The van der Waals surface area contributed by atoms with Crippen molar-refractivity contribution in [3.05, 3.63) is 117 Å². The Morgan fingerprint density at radius 1 is 0.910 bits per heavy atom. The van der Waals surface area contributed by atoms with E-state index in [1.165, 1.54) is 37.9 Å². The number of H-pyrrole nitrogens is 1. The molecule has 10 heterocycles. The van der Waals surface area contributed by atoms with E-state index in [2.05, 4.69) is 53.6 Å². The number of imide groups is 1. The van der Waals surface area contributed by atoms with Gasteiger partial charge in [-0.25, -0.2) is 9.59 Å². The number of nitrogens with two attached hydrogens (primary N) is 1. The van der Waals surface area contributed by atoms with Crippen molar-refractivity contribution in [2.75, 3.05) is 57.8 Å². The van der Waals surface area contributed by atoms with Crippen LogP contribution in [0.4, 0.5) is 10.5 Å². The van der Waals surface area contributed by atoms with E-state index in [4.69, 9.17) is 34.2 Å². The van der Waals surface area contributed by atoms with Crippen LogP contribution in [-0.2, 0) is 67.1 Å². The first-order chi connectivity index (χ1) is 47.8. The van der Waals surface area contributed by atoms with Crippen LogP contribution >= 0.6 is 11.8 Å². The standard InChI is InChI=1S/C71H85N11O17S/c1-35(2)54(78-48(84)17-9-8-12-25-80-49(85)22-23-50(80)86)65(89)77-46(16-13-24-73-67(72)91)64(88)75-40-20-18-39(19-21-40)29-96-68(92)74-28-41-27-43-42-14-10-11-15-45(42)76-63(43)71(79-41)33-100-62-53-52(61-60(97-34-98-61)37(4)59(53)99-38(5)83)47(30-95-66(71)90)82-56(62)55-51-44(26-36(3)58(94-7)57(51)87)69(6)31-70(82,93)32-81(55)69/h10-11,14-15,18-23,26,35,41,46-47,54-56,62,67,73,76,79,87,91,93H,8-9,12-13,16-17,24-25,27-34,72H2,1-7H3,(H,74,92)(H,75,88)(H,77,89)(H,78,84)/t41-,46-,47-,54-,55-,56+,62+,67?,69?,70+,71+/m0/s1. The number of alkyl carbamates (subject to hydrolysis) is 1. The van der Waals surface area contributed by atoms with Gasteiger partial charge in [0.1, 0.15) is 36.8 Å². The van der Waals surface area contributed by atoms with Gasteiger partial charge in [0, 0.05) is 114 Å². The van der Waals surface area contributed by atoms with Crippen molar-refractivity contribution in [2.24, 2.45) is 11.7 Å². The fourth-order valence-electron chi connectivity index (χ4n) is 16.4. The van der Waals surface area contributed by atoms with E-state index in [-0.39, 0.29) is 106 Å². The van der Waals surface area contributed by atoms with Crippen LogP contribution in [0.1, 0.15) is 140 Å². The van der Waals surface area contributed by atoms with E-state index in [1.54, 1.807) is 38.1 Å². The highest BCUT2D eigenvalue weighted by Gasteiger charge is 2.72. The largest absolute Gasteiger partial charge is 0.504 e. The number of ether oxygens (including phenoxy) is 6. The van der Waals surface area contributed by atoms with E-state index in [1.807, 2.05) is 44.2 Å². The molecule has 9 aliphatic heterocycles. The molecule has 3 saturated heterocycles. The van der Waals surface area contributed by atoms with E-state index in [0.717, 1.165) is 32.5 Å². The summed E-state index contributed by atoms with van der Waals surface area (Å²) in [4.78, 5) is 117. The summed E-state index contributed by atoms with van der Waals surface area (Å²) in [5.74, 6) is -2.44. The normalized spacial score (nSPS) is 25.4. The molecule has 11 atom stereocenters. The number of anilines is 1. The maximum absolute atomic E-state index is 15.8. The lowest BCUT2D eigenvalue weighted by atomic mass is 9.75. The number of phenols is 1. The van der Waals surface area contributed by atoms with Crippen molar-refractivity contribution >= 4 is 75.9 Å². The number of nitrogens with one attached hydrogen (secondary N) is 7. The number of thioether (sulfide) groups is 1. The van der Waals surface area contributed by atoms with Crippen LogP contribution in [0, 0.1) is 19.8 Å². The number of carbonyl (C=O) groups excluding carboxylic acids is 8. The molecule has 4 bridgehead atoms. The minimum absolute atomic E-state index is 0.00302. The van der Waals surface area contributed by atoms with Crippen molar-refractivity contribution in [2.45, 2.75) is 164 Å². The van der Waals surface area contributed by atoms with Crippen LogP contribution in [-0.4, -0.2) is 171 Å². The van der Waals surface area contributed by atoms with E-state index < -0.39 is 94.5 Å². The monoisotopic (exact) mass is 1400 g/mol. The molecule has 12 N–H and O–H groups in total. The molecule has 6 amide bonds. The maximum atomic E-state index is 15.8. The summed E-state index contributed by atoms with van der Waals surface area (Å²) in [5, 5.41) is 53.4. The molecule has 5 aromatic rings. The number of phenolic OH excluding ortho intramolecular Hbond substituents is 1. The third-order valence-corrected chi connectivity index (χ3v) is 22.3. The van der Waals surface area contributed by atoms with Gasteiger partial charge in [-0.15, -0.1) is 11.8 Å². The number of aliphatic hydroxyl groups excluding tert-OH is 1. The summed E-state index contributed by atoms with van der Waals surface area (Å²) in [5.41, 5.74) is 8.68. The fourth-order valence-corrected chi connectivity index (χ4v) is 18.1. The van der Waals surface area contributed by atoms with Crippen LogP contribution in [0.5, 0.6) is 28.7 Å². The summed E-state index contributed by atoms with van der Waals surface area (Å²) >= 11 is 1.42. The van der Waals surface area contributed by atoms with Gasteiger partial charge in [0.05, 0.1) is 30.1 Å². The van der Waals surface area contributed by atoms with Crippen LogP contribution in [0.15, 0.2) is 66.7 Å². The van der Waals surface area contributed by atoms with Gasteiger partial charge in [0.15, 0.2) is 34.9 Å². The molecule has 4 aromatic carbocycles. The zero-order chi connectivity index (χ0) is 70.9. The molecule has 0 radical (unpaired) electrons. The highest BCUT2D eigenvalue weighted by Crippen LogP contribution is 2.71. The summed E-state index contributed by atoms with van der Waals surface area (Å²) in [6, 6.07) is 11.5. The predicted molar refractivity (Wildman–Crippen MR) is 363 cm³/mol. The number of amides is 6. The van der Waals surface area contributed by atoms with Gasteiger partial charge in [-0.1, -0.05) is 50.6 Å². The molecule has 2 unspecified atom stereocenters. The molecule has 1 aromatic heterocycles. The molecule has 3 fully saturated rings. The van der Waals surface area contributed by atoms with Gasteiger partial charge in [0.2, 0.25) is 24.5 Å². The minimum Gasteiger partial charge on any atom is -0.504 e. The molecule has 0 aliphatic carbocycles. The van der Waals surface area contributed by atoms with Gasteiger partial charge in [-0.05, 0) is 112 Å². The average Bonchev–Trinajstić information content (AvgIpc) is 1.45. The average molecular weight is 1400 g/mol. The number of benzene rings is 4. The Balaban J connectivity index is 0.712. The lowest BCUT2D eigenvalue weighted by Gasteiger charge is -2.59. The van der Waals surface area contributed by atoms with Crippen LogP contribution in [0.3, 0.4) is 0 Å². The summed E-state index contributed by atoms with van der Waals surface area (Å²) in [6.07, 6.45) is 3.06. The number of aromatic amines is 1. The predicted octanol–water partition coefficient (Wildman–Crippen LogP) is 4.58. The van der Waals surface area contributed by atoms with Crippen LogP contribution in [0.2, 0.25) is 0 Å².